The van der Waals surface area contributed by atoms with Gasteiger partial charge in [-0.3, -0.25) is 4.90 Å². The molecule has 1 unspecified atom stereocenters. The van der Waals surface area contributed by atoms with Crippen LogP contribution in [0.3, 0.4) is 0 Å². The summed E-state index contributed by atoms with van der Waals surface area (Å²) in [6, 6.07) is 13.1. The summed E-state index contributed by atoms with van der Waals surface area (Å²) in [5, 5.41) is 5.69. The number of anilines is 1. The molecular weight excluding hydrogens is 264 g/mol. The summed E-state index contributed by atoms with van der Waals surface area (Å²) >= 11 is 1.86. The van der Waals surface area contributed by atoms with Gasteiger partial charge >= 0.3 is 0 Å². The number of nitrogens with zero attached hydrogens (tertiary/aromatic N) is 1. The van der Waals surface area contributed by atoms with Crippen LogP contribution in [0.1, 0.15) is 29.7 Å². The van der Waals surface area contributed by atoms with E-state index < -0.39 is 0 Å². The highest BCUT2D eigenvalue weighted by Crippen LogP contribution is 2.33. The predicted octanol–water partition coefficient (Wildman–Crippen LogP) is 4.17. The molecule has 0 saturated heterocycles. The number of hydrogen-bond donors (Lipinski definition) is 1. The molecule has 1 atom stereocenters. The maximum atomic E-state index is 3.52. The Kier molecular flexibility index (Phi) is 4.38. The van der Waals surface area contributed by atoms with Crippen LogP contribution in [0.5, 0.6) is 0 Å². The van der Waals surface area contributed by atoms with Crippen molar-refractivity contribution in [1.29, 1.82) is 0 Å². The Morgan fingerprint density at radius 3 is 2.95 bits per heavy atom. The van der Waals surface area contributed by atoms with Gasteiger partial charge in [0.1, 0.15) is 0 Å². The zero-order valence-corrected chi connectivity index (χ0v) is 12.8. The fraction of sp³-hybridized carbons (Fsp3) is 0.412. The van der Waals surface area contributed by atoms with Crippen molar-refractivity contribution >= 4 is 17.0 Å². The first-order valence-corrected chi connectivity index (χ1v) is 8.32. The highest BCUT2D eigenvalue weighted by Gasteiger charge is 2.21. The molecule has 1 N–H and O–H groups in total. The number of fused-ring (bicyclic) bond motifs is 1. The SMILES string of the molecule is CCN(CCC1CNc2ccccc21)Cc1cccs1. The van der Waals surface area contributed by atoms with Crippen molar-refractivity contribution in [2.45, 2.75) is 25.8 Å². The lowest BCUT2D eigenvalue weighted by molar-refractivity contribution is 0.272. The van der Waals surface area contributed by atoms with Crippen LogP contribution in [-0.4, -0.2) is 24.5 Å². The second-order valence-electron chi connectivity index (χ2n) is 5.40. The third kappa shape index (κ3) is 3.05. The van der Waals surface area contributed by atoms with Gasteiger partial charge in [0.2, 0.25) is 0 Å². The van der Waals surface area contributed by atoms with Crippen molar-refractivity contribution in [3.8, 4) is 0 Å². The molecule has 20 heavy (non-hydrogen) atoms. The monoisotopic (exact) mass is 286 g/mol. The quantitative estimate of drug-likeness (QED) is 0.857. The van der Waals surface area contributed by atoms with E-state index in [4.69, 9.17) is 0 Å². The molecule has 0 radical (unpaired) electrons. The van der Waals surface area contributed by atoms with Gasteiger partial charge in [-0.2, -0.15) is 0 Å². The minimum atomic E-state index is 0.670. The fourth-order valence-electron chi connectivity index (χ4n) is 2.92. The summed E-state index contributed by atoms with van der Waals surface area (Å²) in [6.45, 7) is 6.75. The van der Waals surface area contributed by atoms with Crippen molar-refractivity contribution in [1.82, 2.24) is 4.90 Å². The minimum Gasteiger partial charge on any atom is -0.384 e. The normalized spacial score (nSPS) is 17.2. The summed E-state index contributed by atoms with van der Waals surface area (Å²) in [4.78, 5) is 4.02. The van der Waals surface area contributed by atoms with Gasteiger partial charge in [0.15, 0.2) is 0 Å². The van der Waals surface area contributed by atoms with Crippen LogP contribution in [0.25, 0.3) is 0 Å². The molecule has 3 rings (SSSR count). The Morgan fingerprint density at radius 1 is 1.25 bits per heavy atom. The lowest BCUT2D eigenvalue weighted by Crippen LogP contribution is -2.25. The number of para-hydroxylation sites is 1. The van der Waals surface area contributed by atoms with Gasteiger partial charge in [-0.1, -0.05) is 31.2 Å². The Hall–Kier alpha value is -1.32. The van der Waals surface area contributed by atoms with E-state index in [2.05, 4.69) is 58.9 Å². The maximum Gasteiger partial charge on any atom is 0.0376 e. The highest BCUT2D eigenvalue weighted by atomic mass is 32.1. The van der Waals surface area contributed by atoms with Gasteiger partial charge in [0, 0.05) is 29.6 Å². The highest BCUT2D eigenvalue weighted by molar-refractivity contribution is 7.09. The molecule has 0 bridgehead atoms. The number of thiophene rings is 1. The van der Waals surface area contributed by atoms with Gasteiger partial charge in [-0.15, -0.1) is 11.3 Å². The summed E-state index contributed by atoms with van der Waals surface area (Å²) in [5.41, 5.74) is 2.83. The summed E-state index contributed by atoms with van der Waals surface area (Å²) in [5.74, 6) is 0.670. The smallest absolute Gasteiger partial charge is 0.0376 e. The molecule has 1 aromatic heterocycles. The molecule has 1 aliphatic heterocycles. The zero-order chi connectivity index (χ0) is 13.8. The van der Waals surface area contributed by atoms with Crippen molar-refractivity contribution in [2.75, 3.05) is 25.0 Å². The van der Waals surface area contributed by atoms with Crippen LogP contribution in [0.15, 0.2) is 41.8 Å². The van der Waals surface area contributed by atoms with Crippen LogP contribution in [-0.2, 0) is 6.54 Å². The third-order valence-corrected chi connectivity index (χ3v) is 5.00. The number of benzene rings is 1. The largest absolute Gasteiger partial charge is 0.384 e. The first kappa shape index (κ1) is 13.7. The standard InChI is InChI=1S/C17H22N2S/c1-2-19(13-15-6-5-11-20-15)10-9-14-12-18-17-8-4-3-7-16(14)17/h3-8,11,14,18H,2,9-10,12-13H2,1H3. The Bertz CT molecular complexity index is 536. The molecule has 2 aromatic rings. The third-order valence-electron chi connectivity index (χ3n) is 4.14. The van der Waals surface area contributed by atoms with E-state index in [0.29, 0.717) is 5.92 Å². The molecule has 0 fully saturated rings. The van der Waals surface area contributed by atoms with Crippen molar-refractivity contribution in [2.24, 2.45) is 0 Å². The lowest BCUT2D eigenvalue weighted by atomic mass is 9.98. The lowest BCUT2D eigenvalue weighted by Gasteiger charge is -2.21. The predicted molar refractivity (Wildman–Crippen MR) is 87.6 cm³/mol. The summed E-state index contributed by atoms with van der Waals surface area (Å²) in [6.07, 6.45) is 1.24. The minimum absolute atomic E-state index is 0.670. The molecule has 3 heteroatoms. The van der Waals surface area contributed by atoms with Gasteiger partial charge in [0.25, 0.3) is 0 Å². The van der Waals surface area contributed by atoms with Crippen molar-refractivity contribution < 1.29 is 0 Å². The average molecular weight is 286 g/mol. The first-order chi connectivity index (χ1) is 9.86. The summed E-state index contributed by atoms with van der Waals surface area (Å²) in [7, 11) is 0. The van der Waals surface area contributed by atoms with Crippen LogP contribution in [0, 0.1) is 0 Å². The second-order valence-corrected chi connectivity index (χ2v) is 6.43. The number of hydrogen-bond acceptors (Lipinski definition) is 3. The van der Waals surface area contributed by atoms with Crippen molar-refractivity contribution in [3.05, 3.63) is 52.2 Å². The molecule has 0 aliphatic carbocycles. The molecule has 1 aromatic carbocycles. The van der Waals surface area contributed by atoms with Crippen LogP contribution < -0.4 is 5.32 Å². The van der Waals surface area contributed by atoms with Gasteiger partial charge in [-0.05, 0) is 42.6 Å². The molecule has 2 heterocycles. The van der Waals surface area contributed by atoms with Crippen LogP contribution in [0.2, 0.25) is 0 Å². The molecule has 106 valence electrons. The van der Waals surface area contributed by atoms with E-state index in [1.165, 1.54) is 29.1 Å². The van der Waals surface area contributed by atoms with Gasteiger partial charge < -0.3 is 5.32 Å². The molecule has 1 aliphatic rings. The number of nitrogens with one attached hydrogen (secondary N) is 1. The molecule has 0 amide bonds. The van der Waals surface area contributed by atoms with E-state index in [9.17, 15) is 0 Å². The summed E-state index contributed by atoms with van der Waals surface area (Å²) < 4.78 is 0. The average Bonchev–Trinajstić information content (AvgIpc) is 3.13. The van der Waals surface area contributed by atoms with E-state index in [-0.39, 0.29) is 0 Å². The van der Waals surface area contributed by atoms with Gasteiger partial charge in [0.05, 0.1) is 0 Å². The topological polar surface area (TPSA) is 15.3 Å². The molecule has 0 saturated carbocycles. The van der Waals surface area contributed by atoms with E-state index in [0.717, 1.165) is 19.6 Å². The Balaban J connectivity index is 1.56. The maximum absolute atomic E-state index is 3.52. The Morgan fingerprint density at radius 2 is 2.15 bits per heavy atom. The molecule has 2 nitrogen and oxygen atoms in total. The second kappa shape index (κ2) is 6.42. The van der Waals surface area contributed by atoms with E-state index >= 15 is 0 Å². The van der Waals surface area contributed by atoms with Crippen LogP contribution in [0.4, 0.5) is 5.69 Å². The fourth-order valence-corrected chi connectivity index (χ4v) is 3.67. The van der Waals surface area contributed by atoms with E-state index in [1.54, 1.807) is 0 Å². The molecule has 0 spiro atoms. The van der Waals surface area contributed by atoms with Crippen LogP contribution >= 0.6 is 11.3 Å². The van der Waals surface area contributed by atoms with Gasteiger partial charge in [-0.25, -0.2) is 0 Å². The number of rotatable bonds is 6. The van der Waals surface area contributed by atoms with Crippen molar-refractivity contribution in [3.63, 3.8) is 0 Å². The first-order valence-electron chi connectivity index (χ1n) is 7.44. The molecular formula is C17H22N2S. The Labute approximate surface area is 125 Å². The van der Waals surface area contributed by atoms with E-state index in [1.807, 2.05) is 11.3 Å². The zero-order valence-electron chi connectivity index (χ0n) is 12.0.